The fourth-order valence-corrected chi connectivity index (χ4v) is 2.78. The molecule has 0 saturated carbocycles. The summed E-state index contributed by atoms with van der Waals surface area (Å²) in [6.07, 6.45) is -0.908. The van der Waals surface area contributed by atoms with E-state index in [2.05, 4.69) is 21.3 Å². The Kier molecular flexibility index (Phi) is 12.5. The SMILES string of the molecule is CC(C)(C)OC(=O)NCCC[C@@H](CNC(=O)CNC(=O)OCc1ccccc1)NC(=O)OC(C)(C)C. The highest BCUT2D eigenvalue weighted by Crippen LogP contribution is 2.08. The molecule has 0 bridgehead atoms. The van der Waals surface area contributed by atoms with E-state index < -0.39 is 41.4 Å². The van der Waals surface area contributed by atoms with Crippen molar-refractivity contribution in [3.05, 3.63) is 35.9 Å². The third kappa shape index (κ3) is 16.2. The first-order valence-electron chi connectivity index (χ1n) is 11.9. The van der Waals surface area contributed by atoms with Crippen molar-refractivity contribution in [2.24, 2.45) is 0 Å². The summed E-state index contributed by atoms with van der Waals surface area (Å²) in [5, 5.41) is 10.4. The lowest BCUT2D eigenvalue weighted by atomic mass is 10.1. The summed E-state index contributed by atoms with van der Waals surface area (Å²) in [4.78, 5) is 48.0. The van der Waals surface area contributed by atoms with Crippen LogP contribution in [-0.2, 0) is 25.6 Å². The number of rotatable bonds is 11. The highest BCUT2D eigenvalue weighted by molar-refractivity contribution is 5.82. The van der Waals surface area contributed by atoms with Gasteiger partial charge in [-0.2, -0.15) is 0 Å². The summed E-state index contributed by atoms with van der Waals surface area (Å²) in [5.74, 6) is -0.450. The van der Waals surface area contributed by atoms with Crippen molar-refractivity contribution >= 4 is 24.2 Å². The van der Waals surface area contributed by atoms with Crippen molar-refractivity contribution in [3.8, 4) is 0 Å². The van der Waals surface area contributed by atoms with Crippen LogP contribution < -0.4 is 21.3 Å². The smallest absolute Gasteiger partial charge is 0.407 e. The van der Waals surface area contributed by atoms with Crippen LogP contribution in [0.2, 0.25) is 0 Å². The zero-order chi connectivity index (χ0) is 27.2. The van der Waals surface area contributed by atoms with Gasteiger partial charge in [0.25, 0.3) is 0 Å². The number of nitrogens with one attached hydrogen (secondary N) is 4. The summed E-state index contributed by atoms with van der Waals surface area (Å²) < 4.78 is 15.6. The molecule has 0 saturated heterocycles. The molecule has 0 aliphatic rings. The van der Waals surface area contributed by atoms with Gasteiger partial charge in [0.15, 0.2) is 0 Å². The molecule has 0 heterocycles. The Hall–Kier alpha value is -3.50. The number of amides is 4. The summed E-state index contributed by atoms with van der Waals surface area (Å²) in [6.45, 7) is 10.8. The second kappa shape index (κ2) is 14.8. The minimum Gasteiger partial charge on any atom is -0.445 e. The molecule has 0 radical (unpaired) electrons. The minimum atomic E-state index is -0.717. The Labute approximate surface area is 213 Å². The van der Waals surface area contributed by atoms with Gasteiger partial charge in [-0.3, -0.25) is 4.79 Å². The molecule has 11 nitrogen and oxygen atoms in total. The van der Waals surface area contributed by atoms with Crippen LogP contribution in [-0.4, -0.2) is 61.1 Å². The van der Waals surface area contributed by atoms with Crippen LogP contribution in [0.3, 0.4) is 0 Å². The Morgan fingerprint density at radius 2 is 1.42 bits per heavy atom. The van der Waals surface area contributed by atoms with Crippen molar-refractivity contribution in [3.63, 3.8) is 0 Å². The van der Waals surface area contributed by atoms with Crippen LogP contribution in [0.5, 0.6) is 0 Å². The first-order valence-corrected chi connectivity index (χ1v) is 11.9. The molecule has 36 heavy (non-hydrogen) atoms. The summed E-state index contributed by atoms with van der Waals surface area (Å²) in [5.41, 5.74) is -0.452. The predicted molar refractivity (Wildman–Crippen MR) is 134 cm³/mol. The van der Waals surface area contributed by atoms with Crippen molar-refractivity contribution in [1.82, 2.24) is 21.3 Å². The minimum absolute atomic E-state index is 0.0908. The van der Waals surface area contributed by atoms with Gasteiger partial charge in [0, 0.05) is 19.1 Å². The third-order valence-corrected chi connectivity index (χ3v) is 4.27. The molecule has 0 aromatic heterocycles. The Morgan fingerprint density at radius 1 is 0.806 bits per heavy atom. The van der Waals surface area contributed by atoms with Gasteiger partial charge in [0.2, 0.25) is 5.91 Å². The van der Waals surface area contributed by atoms with Crippen LogP contribution >= 0.6 is 0 Å². The molecule has 4 amide bonds. The van der Waals surface area contributed by atoms with E-state index in [1.807, 2.05) is 30.3 Å². The molecule has 1 rings (SSSR count). The first kappa shape index (κ1) is 30.5. The number of carbonyl (C=O) groups is 4. The molecule has 11 heteroatoms. The Bertz CT molecular complexity index is 848. The maximum atomic E-state index is 12.2. The number of ether oxygens (including phenoxy) is 3. The zero-order valence-electron chi connectivity index (χ0n) is 22.1. The van der Waals surface area contributed by atoms with Crippen LogP contribution in [0.25, 0.3) is 0 Å². The number of carbonyl (C=O) groups excluding carboxylic acids is 4. The molecule has 0 aliphatic heterocycles. The topological polar surface area (TPSA) is 144 Å². The quantitative estimate of drug-likeness (QED) is 0.265. The van der Waals surface area contributed by atoms with Gasteiger partial charge < -0.3 is 35.5 Å². The van der Waals surface area contributed by atoms with Gasteiger partial charge in [-0.15, -0.1) is 0 Å². The molecule has 0 aliphatic carbocycles. The molecule has 4 N–H and O–H groups in total. The maximum absolute atomic E-state index is 12.2. The monoisotopic (exact) mass is 508 g/mol. The molecule has 202 valence electrons. The lowest BCUT2D eigenvalue weighted by Gasteiger charge is -2.24. The highest BCUT2D eigenvalue weighted by atomic mass is 16.6. The molecule has 1 aromatic carbocycles. The van der Waals surface area contributed by atoms with E-state index >= 15 is 0 Å². The van der Waals surface area contributed by atoms with Gasteiger partial charge in [-0.25, -0.2) is 14.4 Å². The van der Waals surface area contributed by atoms with Crippen molar-refractivity contribution in [2.75, 3.05) is 19.6 Å². The van der Waals surface area contributed by atoms with E-state index in [4.69, 9.17) is 14.2 Å². The summed E-state index contributed by atoms with van der Waals surface area (Å²) in [7, 11) is 0. The lowest BCUT2D eigenvalue weighted by molar-refractivity contribution is -0.120. The Morgan fingerprint density at radius 3 is 2.03 bits per heavy atom. The number of hydrogen-bond donors (Lipinski definition) is 4. The van der Waals surface area contributed by atoms with E-state index in [9.17, 15) is 19.2 Å². The lowest BCUT2D eigenvalue weighted by Crippen LogP contribution is -2.47. The number of alkyl carbamates (subject to hydrolysis) is 3. The van der Waals surface area contributed by atoms with Gasteiger partial charge >= 0.3 is 18.3 Å². The maximum Gasteiger partial charge on any atom is 0.407 e. The zero-order valence-corrected chi connectivity index (χ0v) is 22.1. The van der Waals surface area contributed by atoms with Gasteiger partial charge in [0.1, 0.15) is 17.8 Å². The van der Waals surface area contributed by atoms with Gasteiger partial charge in [-0.1, -0.05) is 30.3 Å². The second-order valence-corrected chi connectivity index (χ2v) is 10.1. The molecule has 0 fully saturated rings. The van der Waals surface area contributed by atoms with Gasteiger partial charge in [0.05, 0.1) is 6.54 Å². The third-order valence-electron chi connectivity index (χ3n) is 4.27. The van der Waals surface area contributed by atoms with Crippen molar-refractivity contribution in [1.29, 1.82) is 0 Å². The van der Waals surface area contributed by atoms with Crippen LogP contribution in [0.1, 0.15) is 59.9 Å². The Balaban J connectivity index is 2.45. The van der Waals surface area contributed by atoms with Crippen LogP contribution in [0.15, 0.2) is 30.3 Å². The first-order chi connectivity index (χ1) is 16.7. The normalized spacial score (nSPS) is 12.1. The average Bonchev–Trinajstić information content (AvgIpc) is 2.75. The van der Waals surface area contributed by atoms with Crippen molar-refractivity contribution < 1.29 is 33.4 Å². The van der Waals surface area contributed by atoms with Gasteiger partial charge in [-0.05, 0) is 59.9 Å². The standard InChI is InChI=1S/C25H40N4O7/c1-24(2,3)35-22(32)26-14-10-13-19(29-23(33)36-25(4,5)6)15-27-20(30)16-28-21(31)34-17-18-11-8-7-9-12-18/h7-9,11-12,19H,10,13-17H2,1-6H3,(H,26,32)(H,27,30)(H,28,31)(H,29,33)/t19-/m0/s1. The van der Waals surface area contributed by atoms with Crippen molar-refractivity contribution in [2.45, 2.75) is 78.2 Å². The predicted octanol–water partition coefficient (Wildman–Crippen LogP) is 3.23. The number of hydrogen-bond acceptors (Lipinski definition) is 7. The highest BCUT2D eigenvalue weighted by Gasteiger charge is 2.21. The van der Waals surface area contributed by atoms with Crippen LogP contribution in [0, 0.1) is 0 Å². The molecular formula is C25H40N4O7. The summed E-state index contributed by atoms with van der Waals surface area (Å²) >= 11 is 0. The fraction of sp³-hybridized carbons (Fsp3) is 0.600. The van der Waals surface area contributed by atoms with E-state index in [1.54, 1.807) is 41.5 Å². The molecule has 0 unspecified atom stereocenters. The second-order valence-electron chi connectivity index (χ2n) is 10.1. The number of benzene rings is 1. The summed E-state index contributed by atoms with van der Waals surface area (Å²) in [6, 6.07) is 8.70. The van der Waals surface area contributed by atoms with E-state index in [0.29, 0.717) is 19.4 Å². The molecule has 1 atom stereocenters. The average molecular weight is 509 g/mol. The van der Waals surface area contributed by atoms with E-state index in [1.165, 1.54) is 0 Å². The van der Waals surface area contributed by atoms with Crippen LogP contribution in [0.4, 0.5) is 14.4 Å². The molecular weight excluding hydrogens is 468 g/mol. The van der Waals surface area contributed by atoms with E-state index in [0.717, 1.165) is 5.56 Å². The molecule has 0 spiro atoms. The van der Waals surface area contributed by atoms with E-state index in [-0.39, 0.29) is 19.7 Å². The largest absolute Gasteiger partial charge is 0.445 e. The molecule has 1 aromatic rings. The fourth-order valence-electron chi connectivity index (χ4n) is 2.78.